The van der Waals surface area contributed by atoms with Gasteiger partial charge in [0.15, 0.2) is 17.8 Å². The third-order valence-corrected chi connectivity index (χ3v) is 3.88. The van der Waals surface area contributed by atoms with Crippen molar-refractivity contribution in [1.82, 2.24) is 19.7 Å². The smallest absolute Gasteiger partial charge is 0.417 e. The highest BCUT2D eigenvalue weighted by atomic mass is 19.4. The standard InChI is InChI=1S/C18H14F3N5O/c1-11(27-15-9-5-6-12(10-22)23-15)16-24-25-17(26(16)2)13-7-3-4-8-14(13)18(19,20)21/h3-9,11H,1-2H3/t11-/m0/s1. The Hall–Kier alpha value is -3.41. The Balaban J connectivity index is 1.93. The van der Waals surface area contributed by atoms with E-state index in [1.165, 1.54) is 28.8 Å². The van der Waals surface area contributed by atoms with E-state index in [-0.39, 0.29) is 23.0 Å². The van der Waals surface area contributed by atoms with Crippen LogP contribution in [0.5, 0.6) is 5.88 Å². The van der Waals surface area contributed by atoms with E-state index in [0.717, 1.165) is 6.07 Å². The lowest BCUT2D eigenvalue weighted by molar-refractivity contribution is -0.137. The monoisotopic (exact) mass is 373 g/mol. The molecule has 0 saturated carbocycles. The van der Waals surface area contributed by atoms with Gasteiger partial charge in [-0.05, 0) is 19.1 Å². The molecule has 0 amide bonds. The molecular weight excluding hydrogens is 359 g/mol. The average molecular weight is 373 g/mol. The van der Waals surface area contributed by atoms with E-state index in [2.05, 4.69) is 15.2 Å². The molecule has 0 saturated heterocycles. The third kappa shape index (κ3) is 3.74. The first-order valence-corrected chi connectivity index (χ1v) is 7.91. The molecule has 3 aromatic rings. The fourth-order valence-corrected chi connectivity index (χ4v) is 2.63. The first-order chi connectivity index (χ1) is 12.8. The lowest BCUT2D eigenvalue weighted by Gasteiger charge is -2.15. The molecule has 27 heavy (non-hydrogen) atoms. The lowest BCUT2D eigenvalue weighted by atomic mass is 10.1. The number of alkyl halides is 3. The number of pyridine rings is 1. The van der Waals surface area contributed by atoms with Gasteiger partial charge in [0.25, 0.3) is 0 Å². The third-order valence-electron chi connectivity index (χ3n) is 3.88. The van der Waals surface area contributed by atoms with Crippen LogP contribution in [0.25, 0.3) is 11.4 Å². The lowest BCUT2D eigenvalue weighted by Crippen LogP contribution is -2.12. The average Bonchev–Trinajstić information content (AvgIpc) is 3.02. The first kappa shape index (κ1) is 18.4. The summed E-state index contributed by atoms with van der Waals surface area (Å²) in [5.74, 6) is 0.611. The summed E-state index contributed by atoms with van der Waals surface area (Å²) < 4.78 is 46.9. The predicted molar refractivity (Wildman–Crippen MR) is 89.4 cm³/mol. The number of ether oxygens (including phenoxy) is 1. The van der Waals surface area contributed by atoms with E-state index in [1.54, 1.807) is 26.1 Å². The van der Waals surface area contributed by atoms with Gasteiger partial charge in [0.1, 0.15) is 11.8 Å². The number of halogens is 3. The molecular formula is C18H14F3N5O. The van der Waals surface area contributed by atoms with Gasteiger partial charge in [-0.25, -0.2) is 4.98 Å². The minimum Gasteiger partial charge on any atom is -0.466 e. The quantitative estimate of drug-likeness (QED) is 0.693. The van der Waals surface area contributed by atoms with Crippen LogP contribution in [0.4, 0.5) is 13.2 Å². The van der Waals surface area contributed by atoms with Crippen LogP contribution in [0.3, 0.4) is 0 Å². The van der Waals surface area contributed by atoms with Crippen LogP contribution in [0.15, 0.2) is 42.5 Å². The van der Waals surface area contributed by atoms with Gasteiger partial charge in [0, 0.05) is 18.7 Å². The van der Waals surface area contributed by atoms with Crippen molar-refractivity contribution in [3.8, 4) is 23.3 Å². The Kier molecular flexibility index (Phi) is 4.81. The van der Waals surface area contributed by atoms with Gasteiger partial charge in [0.2, 0.25) is 5.88 Å². The molecule has 0 bridgehead atoms. The molecule has 2 heterocycles. The number of benzene rings is 1. The minimum absolute atomic E-state index is 0.0666. The molecule has 0 aliphatic rings. The minimum atomic E-state index is -4.51. The molecule has 0 aliphatic carbocycles. The van der Waals surface area contributed by atoms with E-state index >= 15 is 0 Å². The maximum Gasteiger partial charge on any atom is 0.417 e. The molecule has 0 radical (unpaired) electrons. The van der Waals surface area contributed by atoms with Gasteiger partial charge < -0.3 is 9.30 Å². The van der Waals surface area contributed by atoms with Crippen molar-refractivity contribution in [2.24, 2.45) is 7.05 Å². The van der Waals surface area contributed by atoms with E-state index in [4.69, 9.17) is 10.00 Å². The molecule has 138 valence electrons. The second-order valence-electron chi connectivity index (χ2n) is 5.72. The molecule has 0 fully saturated rings. The first-order valence-electron chi connectivity index (χ1n) is 7.91. The molecule has 3 rings (SSSR count). The van der Waals surface area contributed by atoms with Crippen molar-refractivity contribution < 1.29 is 17.9 Å². The van der Waals surface area contributed by atoms with Crippen LogP contribution in [0.1, 0.15) is 30.1 Å². The van der Waals surface area contributed by atoms with Crippen molar-refractivity contribution in [1.29, 1.82) is 5.26 Å². The van der Waals surface area contributed by atoms with Crippen LogP contribution < -0.4 is 4.74 Å². The zero-order valence-electron chi connectivity index (χ0n) is 14.4. The van der Waals surface area contributed by atoms with E-state index in [9.17, 15) is 13.2 Å². The summed E-state index contributed by atoms with van der Waals surface area (Å²) in [7, 11) is 1.57. The number of hydrogen-bond acceptors (Lipinski definition) is 5. The Morgan fingerprint density at radius 1 is 1.11 bits per heavy atom. The predicted octanol–water partition coefficient (Wildman–Crippen LogP) is 3.91. The van der Waals surface area contributed by atoms with Crippen molar-refractivity contribution in [3.05, 3.63) is 59.5 Å². The zero-order valence-corrected chi connectivity index (χ0v) is 14.4. The summed E-state index contributed by atoms with van der Waals surface area (Å²) in [6.07, 6.45) is -5.15. The van der Waals surface area contributed by atoms with E-state index in [0.29, 0.717) is 5.82 Å². The summed E-state index contributed by atoms with van der Waals surface area (Å²) in [6.45, 7) is 1.67. The van der Waals surface area contributed by atoms with E-state index < -0.39 is 17.8 Å². The largest absolute Gasteiger partial charge is 0.466 e. The molecule has 1 atom stereocenters. The zero-order chi connectivity index (χ0) is 19.6. The fraction of sp³-hybridized carbons (Fsp3) is 0.222. The van der Waals surface area contributed by atoms with Crippen LogP contribution in [0, 0.1) is 11.3 Å². The van der Waals surface area contributed by atoms with Crippen molar-refractivity contribution in [3.63, 3.8) is 0 Å². The highest BCUT2D eigenvalue weighted by molar-refractivity contribution is 5.61. The summed E-state index contributed by atoms with van der Waals surface area (Å²) in [5.41, 5.74) is -0.662. The summed E-state index contributed by atoms with van der Waals surface area (Å²) >= 11 is 0. The molecule has 0 unspecified atom stereocenters. The maximum atomic E-state index is 13.3. The van der Waals surface area contributed by atoms with Crippen molar-refractivity contribution >= 4 is 0 Å². The number of hydrogen-bond donors (Lipinski definition) is 0. The van der Waals surface area contributed by atoms with Crippen LogP contribution in [0.2, 0.25) is 0 Å². The fourth-order valence-electron chi connectivity index (χ4n) is 2.63. The van der Waals surface area contributed by atoms with Crippen LogP contribution in [-0.4, -0.2) is 19.7 Å². The number of nitriles is 1. The molecule has 6 nitrogen and oxygen atoms in total. The number of nitrogens with zero attached hydrogens (tertiary/aromatic N) is 5. The molecule has 0 aliphatic heterocycles. The summed E-state index contributed by atoms with van der Waals surface area (Å²) in [4.78, 5) is 4.01. The van der Waals surface area contributed by atoms with Crippen LogP contribution >= 0.6 is 0 Å². The second-order valence-corrected chi connectivity index (χ2v) is 5.72. The van der Waals surface area contributed by atoms with Crippen molar-refractivity contribution in [2.75, 3.05) is 0 Å². The Bertz CT molecular complexity index is 1010. The molecule has 1 aromatic carbocycles. The van der Waals surface area contributed by atoms with Gasteiger partial charge in [0.05, 0.1) is 5.56 Å². The summed E-state index contributed by atoms with van der Waals surface area (Å²) in [6, 6.07) is 11.8. The Morgan fingerprint density at radius 3 is 2.56 bits per heavy atom. The Labute approximate surface area is 152 Å². The SMILES string of the molecule is C[C@H](Oc1cccc(C#N)n1)c1nnc(-c2ccccc2C(F)(F)F)n1C. The Morgan fingerprint density at radius 2 is 1.85 bits per heavy atom. The van der Waals surface area contributed by atoms with Gasteiger partial charge in [-0.1, -0.05) is 24.3 Å². The van der Waals surface area contributed by atoms with Gasteiger partial charge in [-0.3, -0.25) is 0 Å². The molecule has 9 heteroatoms. The van der Waals surface area contributed by atoms with Gasteiger partial charge in [-0.2, -0.15) is 18.4 Å². The second kappa shape index (κ2) is 7.07. The topological polar surface area (TPSA) is 76.6 Å². The van der Waals surface area contributed by atoms with Crippen LogP contribution in [-0.2, 0) is 13.2 Å². The molecule has 0 N–H and O–H groups in total. The highest BCUT2D eigenvalue weighted by Gasteiger charge is 2.34. The highest BCUT2D eigenvalue weighted by Crippen LogP contribution is 2.36. The van der Waals surface area contributed by atoms with Gasteiger partial charge in [-0.15, -0.1) is 10.2 Å². The maximum absolute atomic E-state index is 13.3. The van der Waals surface area contributed by atoms with Crippen molar-refractivity contribution in [2.45, 2.75) is 19.2 Å². The van der Waals surface area contributed by atoms with E-state index in [1.807, 2.05) is 6.07 Å². The molecule has 0 spiro atoms. The molecule has 2 aromatic heterocycles. The number of aromatic nitrogens is 4. The van der Waals surface area contributed by atoms with Gasteiger partial charge >= 0.3 is 6.18 Å². The normalized spacial score (nSPS) is 12.4. The summed E-state index contributed by atoms with van der Waals surface area (Å²) in [5, 5.41) is 16.8. The number of rotatable bonds is 4.